The van der Waals surface area contributed by atoms with E-state index >= 15 is 0 Å². The first-order chi connectivity index (χ1) is 11.6. The van der Waals surface area contributed by atoms with Gasteiger partial charge in [0, 0.05) is 11.8 Å². The molecule has 0 radical (unpaired) electrons. The molecule has 0 saturated heterocycles. The van der Waals surface area contributed by atoms with Crippen LogP contribution in [0.15, 0.2) is 42.5 Å². The average Bonchev–Trinajstić information content (AvgIpc) is 2.53. The highest BCUT2D eigenvalue weighted by atomic mass is 19.4. The molecule has 2 N–H and O–H groups in total. The third-order valence-electron chi connectivity index (χ3n) is 3.17. The molecule has 0 aliphatic heterocycles. The third-order valence-corrected chi connectivity index (χ3v) is 3.17. The van der Waals surface area contributed by atoms with E-state index in [1.165, 1.54) is 0 Å². The monoisotopic (exact) mass is 354 g/mol. The quantitative estimate of drug-likeness (QED) is 0.644. The van der Waals surface area contributed by atoms with Crippen molar-refractivity contribution in [1.29, 1.82) is 0 Å². The Labute approximate surface area is 137 Å². The Morgan fingerprint density at radius 1 is 1.08 bits per heavy atom. The molecule has 0 bridgehead atoms. The van der Waals surface area contributed by atoms with Crippen LogP contribution in [-0.2, 0) is 6.18 Å². The number of benzene rings is 2. The van der Waals surface area contributed by atoms with Crippen molar-refractivity contribution in [3.05, 3.63) is 69.3 Å². The van der Waals surface area contributed by atoms with Gasteiger partial charge in [-0.15, -0.1) is 0 Å². The normalized spacial score (nSPS) is 11.0. The molecule has 2 aromatic carbocycles. The number of nitrogens with one attached hydrogen (secondary N) is 1. The number of nitrogens with zero attached hydrogens (tertiary/aromatic N) is 1. The lowest BCUT2D eigenvalue weighted by Crippen LogP contribution is -2.18. The standard InChI is InChI=1S/C15H9F3N2O5/c16-15(17,18)8-4-6-9(7-5-8)19-13(21)12-10(14(22)23)2-1-3-11(12)20(24)25/h1-7H,(H,19,21)(H,22,23). The number of carbonyl (C=O) groups excluding carboxylic acids is 1. The van der Waals surface area contributed by atoms with E-state index in [1.807, 2.05) is 0 Å². The summed E-state index contributed by atoms with van der Waals surface area (Å²) in [5.41, 5.74) is -3.04. The summed E-state index contributed by atoms with van der Waals surface area (Å²) in [6.07, 6.45) is -4.56. The molecule has 1 amide bonds. The van der Waals surface area contributed by atoms with Crippen LogP contribution in [0.3, 0.4) is 0 Å². The second kappa shape index (κ2) is 6.59. The van der Waals surface area contributed by atoms with Crippen LogP contribution in [0.1, 0.15) is 26.3 Å². The molecule has 0 aromatic heterocycles. The van der Waals surface area contributed by atoms with E-state index in [4.69, 9.17) is 5.11 Å². The van der Waals surface area contributed by atoms with Crippen LogP contribution in [-0.4, -0.2) is 21.9 Å². The van der Waals surface area contributed by atoms with Crippen molar-refractivity contribution in [3.63, 3.8) is 0 Å². The predicted molar refractivity (Wildman–Crippen MR) is 79.5 cm³/mol. The Balaban J connectivity index is 2.38. The largest absolute Gasteiger partial charge is 0.478 e. The summed E-state index contributed by atoms with van der Waals surface area (Å²) in [5, 5.41) is 22.3. The van der Waals surface area contributed by atoms with Crippen molar-refractivity contribution in [1.82, 2.24) is 0 Å². The summed E-state index contributed by atoms with van der Waals surface area (Å²) >= 11 is 0. The molecule has 10 heteroatoms. The fraction of sp³-hybridized carbons (Fsp3) is 0.0667. The molecule has 0 saturated carbocycles. The van der Waals surface area contributed by atoms with Crippen LogP contribution >= 0.6 is 0 Å². The molecule has 0 aliphatic carbocycles. The zero-order chi connectivity index (χ0) is 18.8. The molecular weight excluding hydrogens is 345 g/mol. The molecule has 0 fully saturated rings. The van der Waals surface area contributed by atoms with Crippen LogP contribution < -0.4 is 5.32 Å². The van der Waals surface area contributed by atoms with E-state index in [2.05, 4.69) is 5.32 Å². The van der Waals surface area contributed by atoms with E-state index in [9.17, 15) is 32.9 Å². The van der Waals surface area contributed by atoms with Crippen molar-refractivity contribution in [2.45, 2.75) is 6.18 Å². The lowest BCUT2D eigenvalue weighted by molar-refractivity contribution is -0.385. The van der Waals surface area contributed by atoms with E-state index in [0.717, 1.165) is 30.3 Å². The predicted octanol–water partition coefficient (Wildman–Crippen LogP) is 3.56. The smallest absolute Gasteiger partial charge is 0.416 e. The van der Waals surface area contributed by atoms with Gasteiger partial charge in [0.25, 0.3) is 11.6 Å². The van der Waals surface area contributed by atoms with Gasteiger partial charge in [0.1, 0.15) is 5.56 Å². The lowest BCUT2D eigenvalue weighted by atomic mass is 10.0. The Kier molecular flexibility index (Phi) is 4.72. The number of nitro benzene ring substituents is 1. The molecule has 0 heterocycles. The number of halogens is 3. The number of alkyl halides is 3. The zero-order valence-corrected chi connectivity index (χ0v) is 12.2. The van der Waals surface area contributed by atoms with Crippen molar-refractivity contribution >= 4 is 23.3 Å². The second-order valence-electron chi connectivity index (χ2n) is 4.79. The van der Waals surface area contributed by atoms with Gasteiger partial charge < -0.3 is 10.4 Å². The highest BCUT2D eigenvalue weighted by Gasteiger charge is 2.30. The molecule has 2 rings (SSSR count). The first-order valence-corrected chi connectivity index (χ1v) is 6.60. The molecule has 130 valence electrons. The fourth-order valence-corrected chi connectivity index (χ4v) is 2.05. The summed E-state index contributed by atoms with van der Waals surface area (Å²) in [4.78, 5) is 33.5. The minimum atomic E-state index is -4.56. The number of hydrogen-bond donors (Lipinski definition) is 2. The zero-order valence-electron chi connectivity index (χ0n) is 12.2. The van der Waals surface area contributed by atoms with Crippen LogP contribution in [0.5, 0.6) is 0 Å². The molecule has 25 heavy (non-hydrogen) atoms. The number of anilines is 1. The molecule has 0 unspecified atom stereocenters. The molecule has 0 atom stereocenters. The molecule has 0 spiro atoms. The van der Waals surface area contributed by atoms with Crippen LogP contribution in [0.2, 0.25) is 0 Å². The van der Waals surface area contributed by atoms with E-state index < -0.39 is 45.4 Å². The van der Waals surface area contributed by atoms with E-state index in [1.54, 1.807) is 0 Å². The van der Waals surface area contributed by atoms with Gasteiger partial charge in [0.2, 0.25) is 0 Å². The van der Waals surface area contributed by atoms with Crippen molar-refractivity contribution in [2.75, 3.05) is 5.32 Å². The number of nitro groups is 1. The molecular formula is C15H9F3N2O5. The third kappa shape index (κ3) is 3.91. The van der Waals surface area contributed by atoms with Gasteiger partial charge >= 0.3 is 12.1 Å². The molecule has 0 aliphatic rings. The minimum absolute atomic E-state index is 0.0764. The van der Waals surface area contributed by atoms with Crippen LogP contribution in [0.4, 0.5) is 24.5 Å². The van der Waals surface area contributed by atoms with Crippen LogP contribution in [0, 0.1) is 10.1 Å². The van der Waals surface area contributed by atoms with Gasteiger partial charge in [-0.05, 0) is 30.3 Å². The second-order valence-corrected chi connectivity index (χ2v) is 4.79. The number of hydrogen-bond acceptors (Lipinski definition) is 4. The number of carboxylic acid groups (broad SMARTS) is 1. The number of carboxylic acids is 1. The van der Waals surface area contributed by atoms with Gasteiger partial charge in [-0.1, -0.05) is 6.07 Å². The maximum atomic E-state index is 12.5. The highest BCUT2D eigenvalue weighted by molar-refractivity contribution is 6.13. The molecule has 7 nitrogen and oxygen atoms in total. The number of carbonyl (C=O) groups is 2. The summed E-state index contributed by atoms with van der Waals surface area (Å²) in [5.74, 6) is -2.68. The van der Waals surface area contributed by atoms with Gasteiger partial charge in [-0.2, -0.15) is 13.2 Å². The fourth-order valence-electron chi connectivity index (χ4n) is 2.05. The Bertz CT molecular complexity index is 815. The maximum Gasteiger partial charge on any atom is 0.416 e. The van der Waals surface area contributed by atoms with Gasteiger partial charge in [0.05, 0.1) is 16.1 Å². The van der Waals surface area contributed by atoms with Gasteiger partial charge in [-0.3, -0.25) is 14.9 Å². The number of rotatable bonds is 4. The van der Waals surface area contributed by atoms with E-state index in [-0.39, 0.29) is 5.69 Å². The van der Waals surface area contributed by atoms with Gasteiger partial charge in [0.15, 0.2) is 0 Å². The summed E-state index contributed by atoms with van der Waals surface area (Å²) in [6, 6.07) is 6.41. The maximum absolute atomic E-state index is 12.5. The lowest BCUT2D eigenvalue weighted by Gasteiger charge is -2.10. The summed E-state index contributed by atoms with van der Waals surface area (Å²) < 4.78 is 37.5. The van der Waals surface area contributed by atoms with Crippen molar-refractivity contribution < 1.29 is 32.8 Å². The van der Waals surface area contributed by atoms with Crippen LogP contribution in [0.25, 0.3) is 0 Å². The Morgan fingerprint density at radius 3 is 2.16 bits per heavy atom. The summed E-state index contributed by atoms with van der Waals surface area (Å²) in [7, 11) is 0. The minimum Gasteiger partial charge on any atom is -0.478 e. The van der Waals surface area contributed by atoms with Crippen molar-refractivity contribution in [3.8, 4) is 0 Å². The first kappa shape index (κ1) is 17.9. The Morgan fingerprint density at radius 2 is 1.68 bits per heavy atom. The summed E-state index contributed by atoms with van der Waals surface area (Å²) in [6.45, 7) is 0. The van der Waals surface area contributed by atoms with Gasteiger partial charge in [-0.25, -0.2) is 4.79 Å². The SMILES string of the molecule is O=C(O)c1cccc([N+](=O)[O-])c1C(=O)Nc1ccc(C(F)(F)F)cc1. The van der Waals surface area contributed by atoms with Crippen molar-refractivity contribution in [2.24, 2.45) is 0 Å². The topological polar surface area (TPSA) is 110 Å². The average molecular weight is 354 g/mol. The number of amides is 1. The highest BCUT2D eigenvalue weighted by Crippen LogP contribution is 2.30. The molecule has 2 aromatic rings. The first-order valence-electron chi connectivity index (χ1n) is 6.60. The van der Waals surface area contributed by atoms with E-state index in [0.29, 0.717) is 12.1 Å². The Hall–Kier alpha value is -3.43. The number of aromatic carboxylic acids is 1.